The van der Waals surface area contributed by atoms with Crippen molar-refractivity contribution in [3.05, 3.63) is 57.6 Å². The number of non-ortho nitro benzene ring substituents is 1. The van der Waals surface area contributed by atoms with E-state index in [1.54, 1.807) is 0 Å². The van der Waals surface area contributed by atoms with Crippen molar-refractivity contribution >= 4 is 11.9 Å². The van der Waals surface area contributed by atoms with Crippen molar-refractivity contribution in [1.82, 2.24) is 0 Å². The molecule has 0 unspecified atom stereocenters. The van der Waals surface area contributed by atoms with Gasteiger partial charge in [0, 0.05) is 24.9 Å². The number of nitrogens with zero attached hydrogens (tertiary/aromatic N) is 2. The molecule has 0 saturated carbocycles. The third-order valence-corrected chi connectivity index (χ3v) is 3.57. The summed E-state index contributed by atoms with van der Waals surface area (Å²) in [4.78, 5) is 14.5. The third kappa shape index (κ3) is 5.20. The first-order chi connectivity index (χ1) is 12.5. The standard InChI is InChI=1S/C19H22N2O5/c1-3-25-18-8-5-14(11-19(18)26-4-2)9-10-20-13-15-12-16(21(23)24)6-7-17(15)22/h5-8,11-13,22H,3-4,9-10H2,1-2H3/p-1. The molecule has 0 spiro atoms. The van der Waals surface area contributed by atoms with E-state index >= 15 is 0 Å². The minimum absolute atomic E-state index is 0.126. The van der Waals surface area contributed by atoms with Crippen LogP contribution in [0.1, 0.15) is 25.0 Å². The summed E-state index contributed by atoms with van der Waals surface area (Å²) in [6, 6.07) is 9.32. The number of benzene rings is 2. The zero-order chi connectivity index (χ0) is 18.9. The Morgan fingerprint density at radius 1 is 1.08 bits per heavy atom. The predicted octanol–water partition coefficient (Wildman–Crippen LogP) is 3.13. The van der Waals surface area contributed by atoms with E-state index in [-0.39, 0.29) is 17.0 Å². The third-order valence-electron chi connectivity index (χ3n) is 3.57. The van der Waals surface area contributed by atoms with Crippen LogP contribution in [0.2, 0.25) is 0 Å². The van der Waals surface area contributed by atoms with Gasteiger partial charge in [-0.2, -0.15) is 0 Å². The maximum absolute atomic E-state index is 11.7. The van der Waals surface area contributed by atoms with Gasteiger partial charge in [0.1, 0.15) is 0 Å². The second-order valence-corrected chi connectivity index (χ2v) is 5.41. The van der Waals surface area contributed by atoms with Crippen molar-refractivity contribution in [2.24, 2.45) is 4.99 Å². The van der Waals surface area contributed by atoms with E-state index < -0.39 is 4.92 Å². The SMILES string of the molecule is CCOc1ccc(CCN=Cc2cc([N+](=O)[O-])ccc2[O-])cc1OCC. The molecule has 0 bridgehead atoms. The van der Waals surface area contributed by atoms with E-state index in [4.69, 9.17) is 9.47 Å². The van der Waals surface area contributed by atoms with Crippen LogP contribution >= 0.6 is 0 Å². The number of rotatable bonds is 9. The summed E-state index contributed by atoms with van der Waals surface area (Å²) in [5, 5.41) is 22.5. The molecule has 2 rings (SSSR count). The van der Waals surface area contributed by atoms with Gasteiger partial charge < -0.3 is 14.6 Å². The maximum atomic E-state index is 11.7. The van der Waals surface area contributed by atoms with Crippen LogP contribution in [0.15, 0.2) is 41.4 Å². The average molecular weight is 357 g/mol. The zero-order valence-corrected chi connectivity index (χ0v) is 14.8. The van der Waals surface area contributed by atoms with Gasteiger partial charge in [-0.15, -0.1) is 0 Å². The first-order valence-corrected chi connectivity index (χ1v) is 8.39. The fourth-order valence-electron chi connectivity index (χ4n) is 2.36. The van der Waals surface area contributed by atoms with Gasteiger partial charge in [-0.25, -0.2) is 0 Å². The van der Waals surface area contributed by atoms with Gasteiger partial charge in [0.2, 0.25) is 0 Å². The number of hydrogen-bond donors (Lipinski definition) is 0. The highest BCUT2D eigenvalue weighted by Crippen LogP contribution is 2.28. The highest BCUT2D eigenvalue weighted by atomic mass is 16.6. The molecule has 0 amide bonds. The molecule has 0 aliphatic carbocycles. The molecule has 138 valence electrons. The quantitative estimate of drug-likeness (QED) is 0.390. The Morgan fingerprint density at radius 2 is 1.81 bits per heavy atom. The van der Waals surface area contributed by atoms with Crippen molar-refractivity contribution < 1.29 is 19.5 Å². The fourth-order valence-corrected chi connectivity index (χ4v) is 2.36. The molecule has 0 N–H and O–H groups in total. The molecule has 0 aromatic heterocycles. The Bertz CT molecular complexity index is 789. The summed E-state index contributed by atoms with van der Waals surface area (Å²) < 4.78 is 11.1. The second-order valence-electron chi connectivity index (χ2n) is 5.41. The molecule has 7 nitrogen and oxygen atoms in total. The summed E-state index contributed by atoms with van der Waals surface area (Å²) >= 11 is 0. The highest BCUT2D eigenvalue weighted by molar-refractivity contribution is 5.84. The van der Waals surface area contributed by atoms with E-state index in [1.165, 1.54) is 24.4 Å². The topological polar surface area (TPSA) is 97.0 Å². The number of aliphatic imine (C=N–C) groups is 1. The van der Waals surface area contributed by atoms with Gasteiger partial charge in [0.25, 0.3) is 5.69 Å². The van der Waals surface area contributed by atoms with Crippen molar-refractivity contribution in [3.8, 4) is 17.2 Å². The molecule has 2 aromatic rings. The van der Waals surface area contributed by atoms with Crippen LogP contribution in [0.4, 0.5) is 5.69 Å². The zero-order valence-electron chi connectivity index (χ0n) is 14.8. The van der Waals surface area contributed by atoms with Gasteiger partial charge in [-0.3, -0.25) is 15.1 Å². The summed E-state index contributed by atoms with van der Waals surface area (Å²) in [7, 11) is 0. The molecule has 0 fully saturated rings. The first-order valence-electron chi connectivity index (χ1n) is 8.39. The molecule has 7 heteroatoms. The van der Waals surface area contributed by atoms with E-state index in [2.05, 4.69) is 4.99 Å². The second kappa shape index (κ2) is 9.41. The molecule has 0 saturated heterocycles. The number of hydrogen-bond acceptors (Lipinski definition) is 6. The lowest BCUT2D eigenvalue weighted by molar-refractivity contribution is -0.385. The summed E-state index contributed by atoms with van der Waals surface area (Å²) in [5.41, 5.74) is 1.11. The molecule has 0 atom stereocenters. The van der Waals surface area contributed by atoms with Crippen LogP contribution in [-0.4, -0.2) is 30.9 Å². The molecule has 0 heterocycles. The molecular weight excluding hydrogens is 336 g/mol. The van der Waals surface area contributed by atoms with E-state index in [9.17, 15) is 15.2 Å². The minimum atomic E-state index is -0.536. The Labute approximate surface area is 152 Å². The van der Waals surface area contributed by atoms with Crippen molar-refractivity contribution in [1.29, 1.82) is 0 Å². The van der Waals surface area contributed by atoms with Crippen molar-refractivity contribution in [3.63, 3.8) is 0 Å². The Kier molecular flexibility index (Phi) is 6.96. The predicted molar refractivity (Wildman–Crippen MR) is 97.5 cm³/mol. The number of ether oxygens (including phenoxy) is 2. The smallest absolute Gasteiger partial charge is 0.270 e. The lowest BCUT2D eigenvalue weighted by Crippen LogP contribution is -2.00. The van der Waals surface area contributed by atoms with Crippen LogP contribution in [0.25, 0.3) is 0 Å². The van der Waals surface area contributed by atoms with Crippen LogP contribution in [0.5, 0.6) is 17.2 Å². The monoisotopic (exact) mass is 357 g/mol. The lowest BCUT2D eigenvalue weighted by atomic mass is 10.1. The van der Waals surface area contributed by atoms with Gasteiger partial charge >= 0.3 is 0 Å². The number of nitro groups is 1. The largest absolute Gasteiger partial charge is 0.872 e. The molecule has 0 aliphatic rings. The molecule has 26 heavy (non-hydrogen) atoms. The van der Waals surface area contributed by atoms with Gasteiger partial charge in [-0.1, -0.05) is 17.9 Å². The van der Waals surface area contributed by atoms with Crippen LogP contribution in [0, 0.1) is 10.1 Å². The van der Waals surface area contributed by atoms with E-state index in [0.717, 1.165) is 5.56 Å². The normalized spacial score (nSPS) is 10.8. The maximum Gasteiger partial charge on any atom is 0.270 e. The highest BCUT2D eigenvalue weighted by Gasteiger charge is 2.07. The average Bonchev–Trinajstić information content (AvgIpc) is 2.62. The van der Waals surface area contributed by atoms with Gasteiger partial charge in [0.15, 0.2) is 11.5 Å². The van der Waals surface area contributed by atoms with E-state index in [1.807, 2.05) is 32.0 Å². The molecular formula is C19H21N2O5-. The Morgan fingerprint density at radius 3 is 2.50 bits per heavy atom. The minimum Gasteiger partial charge on any atom is -0.872 e. The van der Waals surface area contributed by atoms with Gasteiger partial charge in [-0.05, 0) is 43.5 Å². The van der Waals surface area contributed by atoms with Crippen molar-refractivity contribution in [2.45, 2.75) is 20.3 Å². The molecule has 0 radical (unpaired) electrons. The summed E-state index contributed by atoms with van der Waals surface area (Å²) in [5.74, 6) is 1.10. The lowest BCUT2D eigenvalue weighted by Gasteiger charge is -2.12. The van der Waals surface area contributed by atoms with E-state index in [0.29, 0.717) is 37.7 Å². The molecule has 0 aliphatic heterocycles. The first kappa shape index (κ1) is 19.2. The van der Waals surface area contributed by atoms with Crippen LogP contribution in [-0.2, 0) is 6.42 Å². The Balaban J connectivity index is 2.03. The summed E-state index contributed by atoms with van der Waals surface area (Å²) in [6.07, 6.45) is 2.03. The molecule has 2 aromatic carbocycles. The van der Waals surface area contributed by atoms with Crippen LogP contribution < -0.4 is 14.6 Å². The Hall–Kier alpha value is -3.09. The van der Waals surface area contributed by atoms with Gasteiger partial charge in [0.05, 0.1) is 18.1 Å². The van der Waals surface area contributed by atoms with Crippen molar-refractivity contribution in [2.75, 3.05) is 19.8 Å². The summed E-state index contributed by atoms with van der Waals surface area (Å²) in [6.45, 7) is 5.37. The fraction of sp³-hybridized carbons (Fsp3) is 0.316. The number of nitro benzene ring substituents is 1. The van der Waals surface area contributed by atoms with Crippen LogP contribution in [0.3, 0.4) is 0 Å².